The number of nitrogens with two attached hydrogens (primary N) is 1. The van der Waals surface area contributed by atoms with Crippen LogP contribution in [0.25, 0.3) is 0 Å². The van der Waals surface area contributed by atoms with E-state index < -0.39 is 0 Å². The molecule has 3 nitrogen and oxygen atoms in total. The lowest BCUT2D eigenvalue weighted by molar-refractivity contribution is -0.682. The molecule has 0 radical (unpaired) electrons. The Morgan fingerprint density at radius 1 is 1.32 bits per heavy atom. The van der Waals surface area contributed by atoms with Gasteiger partial charge in [-0.3, -0.25) is 4.79 Å². The maximum atomic E-state index is 12.2. The third-order valence-corrected chi connectivity index (χ3v) is 5.36. The van der Waals surface area contributed by atoms with Crippen molar-refractivity contribution in [1.82, 2.24) is 5.32 Å². The highest BCUT2D eigenvalue weighted by Gasteiger charge is 2.28. The van der Waals surface area contributed by atoms with Crippen LogP contribution in [0.4, 0.5) is 0 Å². The van der Waals surface area contributed by atoms with Crippen molar-refractivity contribution in [3.8, 4) is 0 Å². The maximum Gasteiger partial charge on any atom is 0.275 e. The second-order valence-corrected chi connectivity index (χ2v) is 7.16. The molecule has 0 unspecified atom stereocenters. The quantitative estimate of drug-likeness (QED) is 0.860. The molecule has 0 aromatic heterocycles. The number of benzene rings is 1. The van der Waals surface area contributed by atoms with Gasteiger partial charge in [0.05, 0.1) is 0 Å². The van der Waals surface area contributed by atoms with Crippen LogP contribution < -0.4 is 10.6 Å². The lowest BCUT2D eigenvalue weighted by atomic mass is 9.78. The number of amides is 1. The molecular weight excluding hydrogens is 296 g/mol. The van der Waals surface area contributed by atoms with Crippen LogP contribution in [0.3, 0.4) is 0 Å². The third kappa shape index (κ3) is 4.72. The summed E-state index contributed by atoms with van der Waals surface area (Å²) in [4.78, 5) is 12.2. The van der Waals surface area contributed by atoms with Gasteiger partial charge in [-0.15, -0.1) is 0 Å². The highest BCUT2D eigenvalue weighted by molar-refractivity contribution is 6.30. The van der Waals surface area contributed by atoms with Crippen molar-refractivity contribution in [1.29, 1.82) is 0 Å². The summed E-state index contributed by atoms with van der Waals surface area (Å²) in [5.74, 6) is 1.43. The van der Waals surface area contributed by atoms with Crippen LogP contribution in [0, 0.1) is 11.8 Å². The Balaban J connectivity index is 1.78. The first-order valence-corrected chi connectivity index (χ1v) is 8.73. The maximum absolute atomic E-state index is 12.2. The average molecular weight is 324 g/mol. The zero-order valence-corrected chi connectivity index (χ0v) is 14.6. The Morgan fingerprint density at radius 2 is 2.00 bits per heavy atom. The van der Waals surface area contributed by atoms with Gasteiger partial charge in [-0.1, -0.05) is 50.4 Å². The SMILES string of the molecule is C[C@@H]1[C@H](C)CCC[C@H]1NC(=O)C[NH2+][C@@H](C)c1ccc(Cl)cc1. The Morgan fingerprint density at radius 3 is 2.68 bits per heavy atom. The van der Waals surface area contributed by atoms with Crippen molar-refractivity contribution in [3.63, 3.8) is 0 Å². The van der Waals surface area contributed by atoms with E-state index in [1.165, 1.54) is 18.4 Å². The molecule has 1 saturated carbocycles. The zero-order valence-electron chi connectivity index (χ0n) is 13.8. The predicted octanol–water partition coefficient (Wildman–Crippen LogP) is 2.91. The lowest BCUT2D eigenvalue weighted by Crippen LogP contribution is -2.87. The molecule has 122 valence electrons. The highest BCUT2D eigenvalue weighted by atomic mass is 35.5. The summed E-state index contributed by atoms with van der Waals surface area (Å²) >= 11 is 5.90. The number of rotatable bonds is 5. The van der Waals surface area contributed by atoms with Crippen molar-refractivity contribution in [2.45, 2.75) is 52.1 Å². The van der Waals surface area contributed by atoms with Gasteiger partial charge in [-0.05, 0) is 37.3 Å². The zero-order chi connectivity index (χ0) is 16.1. The van der Waals surface area contributed by atoms with Crippen LogP contribution in [0.1, 0.15) is 51.6 Å². The second-order valence-electron chi connectivity index (χ2n) is 6.72. The van der Waals surface area contributed by atoms with Gasteiger partial charge in [0.2, 0.25) is 0 Å². The van der Waals surface area contributed by atoms with Crippen molar-refractivity contribution in [2.24, 2.45) is 11.8 Å². The summed E-state index contributed by atoms with van der Waals surface area (Å²) in [6.07, 6.45) is 3.62. The van der Waals surface area contributed by atoms with Crippen LogP contribution in [-0.2, 0) is 4.79 Å². The highest BCUT2D eigenvalue weighted by Crippen LogP contribution is 2.29. The molecule has 4 heteroatoms. The molecule has 1 amide bonds. The topological polar surface area (TPSA) is 45.7 Å². The molecule has 1 aromatic carbocycles. The lowest BCUT2D eigenvalue weighted by Gasteiger charge is -2.34. The number of nitrogens with one attached hydrogen (secondary N) is 1. The van der Waals surface area contributed by atoms with Gasteiger partial charge in [-0.25, -0.2) is 0 Å². The summed E-state index contributed by atoms with van der Waals surface area (Å²) in [5.41, 5.74) is 1.19. The average Bonchev–Trinajstić information content (AvgIpc) is 2.50. The number of hydrogen-bond donors (Lipinski definition) is 2. The Kier molecular flexibility index (Phi) is 6.27. The monoisotopic (exact) mass is 323 g/mol. The molecule has 0 bridgehead atoms. The Bertz CT molecular complexity index is 488. The minimum Gasteiger partial charge on any atom is -0.348 e. The third-order valence-electron chi connectivity index (χ3n) is 5.11. The first kappa shape index (κ1) is 17.3. The van der Waals surface area contributed by atoms with Crippen LogP contribution in [-0.4, -0.2) is 18.5 Å². The fourth-order valence-electron chi connectivity index (χ4n) is 3.24. The van der Waals surface area contributed by atoms with Gasteiger partial charge >= 0.3 is 0 Å². The standard InChI is InChI=1S/C18H27ClN2O/c1-12-5-4-6-17(13(12)2)21-18(22)11-20-14(3)15-7-9-16(19)10-8-15/h7-10,12-14,17,20H,4-6,11H2,1-3H3,(H,21,22)/p+1/t12-,13-,14+,17-/m1/s1. The molecular formula is C18H28ClN2O+. The Labute approximate surface area is 138 Å². The summed E-state index contributed by atoms with van der Waals surface area (Å²) in [5, 5.41) is 6.05. The van der Waals surface area contributed by atoms with Gasteiger partial charge < -0.3 is 10.6 Å². The second kappa shape index (κ2) is 7.98. The van der Waals surface area contributed by atoms with E-state index in [-0.39, 0.29) is 11.9 Å². The molecule has 3 N–H and O–H groups in total. The molecule has 2 rings (SSSR count). The van der Waals surface area contributed by atoms with E-state index in [0.717, 1.165) is 11.4 Å². The largest absolute Gasteiger partial charge is 0.348 e. The van der Waals surface area contributed by atoms with E-state index in [9.17, 15) is 4.79 Å². The molecule has 0 aliphatic heterocycles. The first-order valence-electron chi connectivity index (χ1n) is 8.35. The number of quaternary nitrogens is 1. The molecule has 4 atom stereocenters. The fraction of sp³-hybridized carbons (Fsp3) is 0.611. The van der Waals surface area contributed by atoms with E-state index in [1.807, 2.05) is 24.3 Å². The molecule has 1 aromatic rings. The van der Waals surface area contributed by atoms with Crippen LogP contribution >= 0.6 is 11.6 Å². The molecule has 1 fully saturated rings. The van der Waals surface area contributed by atoms with Gasteiger partial charge in [0.25, 0.3) is 5.91 Å². The molecule has 1 aliphatic carbocycles. The summed E-state index contributed by atoms with van der Waals surface area (Å²) in [6.45, 7) is 7.13. The first-order chi connectivity index (χ1) is 10.5. The van der Waals surface area contributed by atoms with Crippen molar-refractivity contribution in [3.05, 3.63) is 34.9 Å². The van der Waals surface area contributed by atoms with Gasteiger partial charge in [0.15, 0.2) is 6.54 Å². The summed E-state index contributed by atoms with van der Waals surface area (Å²) in [6, 6.07) is 8.43. The summed E-state index contributed by atoms with van der Waals surface area (Å²) in [7, 11) is 0. The fourth-order valence-corrected chi connectivity index (χ4v) is 3.36. The number of halogens is 1. The predicted molar refractivity (Wildman–Crippen MR) is 90.8 cm³/mol. The molecule has 0 saturated heterocycles. The van der Waals surface area contributed by atoms with Crippen LogP contribution in [0.15, 0.2) is 24.3 Å². The molecule has 0 spiro atoms. The number of hydrogen-bond acceptors (Lipinski definition) is 1. The van der Waals surface area contributed by atoms with Crippen molar-refractivity contribution >= 4 is 17.5 Å². The van der Waals surface area contributed by atoms with Crippen molar-refractivity contribution < 1.29 is 10.1 Å². The van der Waals surface area contributed by atoms with E-state index in [4.69, 9.17) is 11.6 Å². The summed E-state index contributed by atoms with van der Waals surface area (Å²) < 4.78 is 0. The Hall–Kier alpha value is -1.06. The van der Waals surface area contributed by atoms with Crippen molar-refractivity contribution in [2.75, 3.05) is 6.54 Å². The van der Waals surface area contributed by atoms with E-state index in [2.05, 4.69) is 31.4 Å². The minimum absolute atomic E-state index is 0.145. The van der Waals surface area contributed by atoms with E-state index in [1.54, 1.807) is 0 Å². The molecule has 0 heterocycles. The van der Waals surface area contributed by atoms with E-state index >= 15 is 0 Å². The normalized spacial score (nSPS) is 26.5. The smallest absolute Gasteiger partial charge is 0.275 e. The van der Waals surface area contributed by atoms with Crippen LogP contribution in [0.2, 0.25) is 5.02 Å². The number of carbonyl (C=O) groups is 1. The number of carbonyl (C=O) groups excluding carboxylic acids is 1. The van der Waals surface area contributed by atoms with E-state index in [0.29, 0.717) is 24.4 Å². The molecule has 1 aliphatic rings. The van der Waals surface area contributed by atoms with Gasteiger partial charge in [-0.2, -0.15) is 0 Å². The minimum atomic E-state index is 0.145. The van der Waals surface area contributed by atoms with Crippen LogP contribution in [0.5, 0.6) is 0 Å². The molecule has 22 heavy (non-hydrogen) atoms. The van der Waals surface area contributed by atoms with Gasteiger partial charge in [0.1, 0.15) is 6.04 Å². The van der Waals surface area contributed by atoms with Gasteiger partial charge in [0, 0.05) is 16.6 Å².